The number of amides is 2. The number of hydrogen-bond donors (Lipinski definition) is 2. The summed E-state index contributed by atoms with van der Waals surface area (Å²) in [6, 6.07) is 17.4. The molecule has 0 aliphatic heterocycles. The number of fused-ring (bicyclic) bond motifs is 1. The number of carbonyl (C=O) groups is 2. The standard InChI is InChI=1S/C27H30N2O4/c1-3-32-24-12-9-18(15-25(24)33-4-2)13-14-28-27(31)22-16-20-7-5-6-8-21(20)17-23(22)29-26(30)19-10-11-19/h5-9,12,15-17,19H,3-4,10-11,13-14H2,1-2H3,(H,28,31)(H,29,30). The van der Waals surface area contributed by atoms with Gasteiger partial charge in [-0.05, 0) is 73.7 Å². The monoisotopic (exact) mass is 446 g/mol. The highest BCUT2D eigenvalue weighted by Crippen LogP contribution is 2.32. The molecule has 0 atom stereocenters. The lowest BCUT2D eigenvalue weighted by molar-refractivity contribution is -0.117. The Morgan fingerprint density at radius 1 is 0.909 bits per heavy atom. The third-order valence-corrected chi connectivity index (χ3v) is 5.64. The van der Waals surface area contributed by atoms with Crippen LogP contribution in [0, 0.1) is 5.92 Å². The average molecular weight is 447 g/mol. The minimum absolute atomic E-state index is 0.0165. The number of rotatable bonds is 10. The van der Waals surface area contributed by atoms with Crippen molar-refractivity contribution in [2.45, 2.75) is 33.1 Å². The van der Waals surface area contributed by atoms with E-state index >= 15 is 0 Å². The van der Waals surface area contributed by atoms with Crippen LogP contribution in [-0.2, 0) is 11.2 Å². The van der Waals surface area contributed by atoms with Crippen LogP contribution in [0.5, 0.6) is 11.5 Å². The lowest BCUT2D eigenvalue weighted by Crippen LogP contribution is -2.27. The van der Waals surface area contributed by atoms with Crippen LogP contribution >= 0.6 is 0 Å². The first-order valence-electron chi connectivity index (χ1n) is 11.6. The molecule has 6 nitrogen and oxygen atoms in total. The molecular weight excluding hydrogens is 416 g/mol. The van der Waals surface area contributed by atoms with Crippen LogP contribution in [0.2, 0.25) is 0 Å². The summed E-state index contributed by atoms with van der Waals surface area (Å²) in [5.74, 6) is 1.27. The van der Waals surface area contributed by atoms with Gasteiger partial charge in [0.25, 0.3) is 5.91 Å². The predicted molar refractivity (Wildman–Crippen MR) is 130 cm³/mol. The maximum absolute atomic E-state index is 13.1. The van der Waals surface area contributed by atoms with Crippen LogP contribution < -0.4 is 20.1 Å². The average Bonchev–Trinajstić information content (AvgIpc) is 3.66. The van der Waals surface area contributed by atoms with Gasteiger partial charge in [-0.1, -0.05) is 30.3 Å². The van der Waals surface area contributed by atoms with Crippen molar-refractivity contribution in [3.63, 3.8) is 0 Å². The molecular formula is C27H30N2O4. The zero-order valence-electron chi connectivity index (χ0n) is 19.1. The molecule has 6 heteroatoms. The summed E-state index contributed by atoms with van der Waals surface area (Å²) in [5, 5.41) is 7.91. The Morgan fingerprint density at radius 3 is 2.30 bits per heavy atom. The second kappa shape index (κ2) is 10.4. The minimum atomic E-state index is -0.206. The summed E-state index contributed by atoms with van der Waals surface area (Å²) in [7, 11) is 0. The molecule has 0 spiro atoms. The van der Waals surface area contributed by atoms with E-state index in [1.54, 1.807) is 0 Å². The second-order valence-corrected chi connectivity index (χ2v) is 8.16. The van der Waals surface area contributed by atoms with Gasteiger partial charge < -0.3 is 20.1 Å². The molecule has 0 unspecified atom stereocenters. The van der Waals surface area contributed by atoms with Crippen molar-refractivity contribution in [3.8, 4) is 11.5 Å². The van der Waals surface area contributed by atoms with Gasteiger partial charge in [-0.15, -0.1) is 0 Å². The number of anilines is 1. The molecule has 1 aliphatic rings. The Bertz CT molecular complexity index is 1150. The first-order valence-corrected chi connectivity index (χ1v) is 11.6. The van der Waals surface area contributed by atoms with E-state index in [9.17, 15) is 9.59 Å². The molecule has 0 radical (unpaired) electrons. The number of hydrogen-bond acceptors (Lipinski definition) is 4. The first-order chi connectivity index (χ1) is 16.1. The van der Waals surface area contributed by atoms with Crippen LogP contribution in [-0.4, -0.2) is 31.6 Å². The first kappa shape index (κ1) is 22.6. The third-order valence-electron chi connectivity index (χ3n) is 5.64. The highest BCUT2D eigenvalue weighted by atomic mass is 16.5. The predicted octanol–water partition coefficient (Wildman–Crippen LogP) is 4.96. The molecule has 0 saturated heterocycles. The number of benzene rings is 3. The van der Waals surface area contributed by atoms with Gasteiger partial charge in [-0.2, -0.15) is 0 Å². The van der Waals surface area contributed by atoms with Crippen molar-refractivity contribution in [3.05, 3.63) is 65.7 Å². The van der Waals surface area contributed by atoms with Gasteiger partial charge in [0.2, 0.25) is 5.91 Å². The van der Waals surface area contributed by atoms with E-state index in [1.807, 2.05) is 68.4 Å². The van der Waals surface area contributed by atoms with Crippen LogP contribution in [0.4, 0.5) is 5.69 Å². The van der Waals surface area contributed by atoms with E-state index in [4.69, 9.17) is 9.47 Å². The maximum Gasteiger partial charge on any atom is 0.253 e. The SMILES string of the molecule is CCOc1ccc(CCNC(=O)c2cc3ccccc3cc2NC(=O)C2CC2)cc1OCC. The van der Waals surface area contributed by atoms with Crippen LogP contribution in [0.3, 0.4) is 0 Å². The topological polar surface area (TPSA) is 76.7 Å². The summed E-state index contributed by atoms with van der Waals surface area (Å²) in [6.45, 7) is 5.46. The lowest BCUT2D eigenvalue weighted by Gasteiger charge is -2.14. The van der Waals surface area contributed by atoms with E-state index in [0.29, 0.717) is 43.2 Å². The molecule has 0 aromatic heterocycles. The van der Waals surface area contributed by atoms with Crippen molar-refractivity contribution in [1.82, 2.24) is 5.32 Å². The summed E-state index contributed by atoms with van der Waals surface area (Å²) in [4.78, 5) is 25.4. The van der Waals surface area contributed by atoms with Crippen molar-refractivity contribution in [2.24, 2.45) is 5.92 Å². The third kappa shape index (κ3) is 5.64. The fourth-order valence-corrected chi connectivity index (χ4v) is 3.78. The molecule has 1 aliphatic carbocycles. The Hall–Kier alpha value is -3.54. The molecule has 1 saturated carbocycles. The summed E-state index contributed by atoms with van der Waals surface area (Å²) >= 11 is 0. The van der Waals surface area contributed by atoms with Gasteiger partial charge in [0.1, 0.15) is 0 Å². The molecule has 3 aromatic carbocycles. The van der Waals surface area contributed by atoms with E-state index < -0.39 is 0 Å². The van der Waals surface area contributed by atoms with Crippen molar-refractivity contribution >= 4 is 28.3 Å². The van der Waals surface area contributed by atoms with Crippen molar-refractivity contribution in [2.75, 3.05) is 25.1 Å². The zero-order chi connectivity index (χ0) is 23.2. The second-order valence-electron chi connectivity index (χ2n) is 8.16. The maximum atomic E-state index is 13.1. The van der Waals surface area contributed by atoms with Gasteiger partial charge in [0, 0.05) is 12.5 Å². The summed E-state index contributed by atoms with van der Waals surface area (Å²) in [6.07, 6.45) is 2.47. The van der Waals surface area contributed by atoms with Gasteiger partial charge in [-0.25, -0.2) is 0 Å². The molecule has 1 fully saturated rings. The summed E-state index contributed by atoms with van der Waals surface area (Å²) in [5.41, 5.74) is 2.08. The molecule has 0 heterocycles. The number of ether oxygens (including phenoxy) is 2. The van der Waals surface area contributed by atoms with Gasteiger partial charge in [0.15, 0.2) is 11.5 Å². The van der Waals surface area contributed by atoms with Gasteiger partial charge >= 0.3 is 0 Å². The lowest BCUT2D eigenvalue weighted by atomic mass is 10.0. The van der Waals surface area contributed by atoms with E-state index in [2.05, 4.69) is 10.6 Å². The Morgan fingerprint density at radius 2 is 1.61 bits per heavy atom. The van der Waals surface area contributed by atoms with E-state index in [0.717, 1.165) is 34.9 Å². The number of nitrogens with one attached hydrogen (secondary N) is 2. The Balaban J connectivity index is 1.47. The molecule has 172 valence electrons. The normalized spacial score (nSPS) is 12.9. The fraction of sp³-hybridized carbons (Fsp3) is 0.333. The molecule has 4 rings (SSSR count). The van der Waals surface area contributed by atoms with Crippen molar-refractivity contribution in [1.29, 1.82) is 0 Å². The molecule has 2 amide bonds. The van der Waals surface area contributed by atoms with E-state index in [-0.39, 0.29) is 17.7 Å². The minimum Gasteiger partial charge on any atom is -0.490 e. The molecule has 0 bridgehead atoms. The van der Waals surface area contributed by atoms with Crippen molar-refractivity contribution < 1.29 is 19.1 Å². The van der Waals surface area contributed by atoms with Crippen LogP contribution in [0.25, 0.3) is 10.8 Å². The zero-order valence-corrected chi connectivity index (χ0v) is 19.1. The van der Waals surface area contributed by atoms with Gasteiger partial charge in [0.05, 0.1) is 24.5 Å². The molecule has 3 aromatic rings. The molecule has 33 heavy (non-hydrogen) atoms. The largest absolute Gasteiger partial charge is 0.490 e. The smallest absolute Gasteiger partial charge is 0.253 e. The van der Waals surface area contributed by atoms with Gasteiger partial charge in [-0.3, -0.25) is 9.59 Å². The fourth-order valence-electron chi connectivity index (χ4n) is 3.78. The molecule has 2 N–H and O–H groups in total. The quantitative estimate of drug-likeness (QED) is 0.462. The Labute approximate surface area is 194 Å². The summed E-state index contributed by atoms with van der Waals surface area (Å²) < 4.78 is 11.3. The number of carbonyl (C=O) groups excluding carboxylic acids is 2. The van der Waals surface area contributed by atoms with Crippen LogP contribution in [0.15, 0.2) is 54.6 Å². The highest BCUT2D eigenvalue weighted by molar-refractivity contribution is 6.08. The Kier molecular flexibility index (Phi) is 7.13. The van der Waals surface area contributed by atoms with Crippen LogP contribution in [0.1, 0.15) is 42.6 Å². The van der Waals surface area contributed by atoms with E-state index in [1.165, 1.54) is 0 Å². The highest BCUT2D eigenvalue weighted by Gasteiger charge is 2.30.